The maximum atomic E-state index is 12.5. The summed E-state index contributed by atoms with van der Waals surface area (Å²) in [7, 11) is 0. The van der Waals surface area contributed by atoms with Crippen molar-refractivity contribution in [1.82, 2.24) is 0 Å². The molecule has 8 heteroatoms. The highest BCUT2D eigenvalue weighted by atomic mass is 35.5. The summed E-state index contributed by atoms with van der Waals surface area (Å²) in [5.74, 6) is -1.45. The van der Waals surface area contributed by atoms with Crippen LogP contribution in [0.15, 0.2) is 48.5 Å². The third kappa shape index (κ3) is 6.11. The quantitative estimate of drug-likeness (QED) is 0.719. The molecule has 0 unspecified atom stereocenters. The number of carbonyl (C=O) groups excluding carboxylic acids is 3. The third-order valence-electron chi connectivity index (χ3n) is 3.61. The van der Waals surface area contributed by atoms with Crippen molar-refractivity contribution in [3.05, 3.63) is 59.1 Å². The second kappa shape index (κ2) is 10.1. The first-order valence-electron chi connectivity index (χ1n) is 8.38. The number of nitrogens with zero attached hydrogens (tertiary/aromatic N) is 2. The normalized spacial score (nSPS) is 9.89. The van der Waals surface area contributed by atoms with E-state index in [0.29, 0.717) is 16.4 Å². The lowest BCUT2D eigenvalue weighted by atomic mass is 10.2. The predicted molar refractivity (Wildman–Crippen MR) is 105 cm³/mol. The van der Waals surface area contributed by atoms with Gasteiger partial charge in [0.05, 0.1) is 18.1 Å². The van der Waals surface area contributed by atoms with Crippen LogP contribution in [-0.4, -0.2) is 30.9 Å². The number of amides is 2. The molecule has 2 aromatic rings. The zero-order valence-electron chi connectivity index (χ0n) is 15.1. The van der Waals surface area contributed by atoms with Crippen LogP contribution in [0.25, 0.3) is 0 Å². The Morgan fingerprint density at radius 2 is 1.93 bits per heavy atom. The van der Waals surface area contributed by atoms with Gasteiger partial charge >= 0.3 is 5.97 Å². The van der Waals surface area contributed by atoms with Crippen molar-refractivity contribution in [2.24, 2.45) is 0 Å². The Morgan fingerprint density at radius 3 is 2.61 bits per heavy atom. The molecule has 0 saturated heterocycles. The fourth-order valence-corrected chi connectivity index (χ4v) is 2.60. The van der Waals surface area contributed by atoms with Gasteiger partial charge in [-0.2, -0.15) is 5.26 Å². The second-order valence-electron chi connectivity index (χ2n) is 5.77. The van der Waals surface area contributed by atoms with Crippen molar-refractivity contribution < 1.29 is 19.1 Å². The first-order chi connectivity index (χ1) is 13.4. The Balaban J connectivity index is 2.06. The highest BCUT2D eigenvalue weighted by Crippen LogP contribution is 2.20. The molecule has 0 saturated carbocycles. The molecule has 28 heavy (non-hydrogen) atoms. The zero-order valence-corrected chi connectivity index (χ0v) is 15.9. The number of carbonyl (C=O) groups is 3. The number of ether oxygens (including phenoxy) is 1. The van der Waals surface area contributed by atoms with Crippen LogP contribution >= 0.6 is 11.6 Å². The van der Waals surface area contributed by atoms with Gasteiger partial charge in [-0.25, -0.2) is 4.79 Å². The van der Waals surface area contributed by atoms with Crippen LogP contribution in [0.3, 0.4) is 0 Å². The molecule has 0 spiro atoms. The molecule has 0 aliphatic rings. The van der Waals surface area contributed by atoms with Crippen molar-refractivity contribution >= 4 is 40.8 Å². The van der Waals surface area contributed by atoms with Gasteiger partial charge in [0, 0.05) is 29.9 Å². The summed E-state index contributed by atoms with van der Waals surface area (Å²) in [6.07, 6.45) is 0.116. The van der Waals surface area contributed by atoms with Gasteiger partial charge in [0.2, 0.25) is 5.91 Å². The van der Waals surface area contributed by atoms with Crippen LogP contribution in [0.4, 0.5) is 11.4 Å². The Kier molecular flexibility index (Phi) is 7.55. The van der Waals surface area contributed by atoms with Gasteiger partial charge < -0.3 is 15.0 Å². The predicted octanol–water partition coefficient (Wildman–Crippen LogP) is 3.40. The Bertz CT molecular complexity index is 924. The van der Waals surface area contributed by atoms with Crippen LogP contribution in [0.5, 0.6) is 0 Å². The Labute approximate surface area is 167 Å². The van der Waals surface area contributed by atoms with Crippen molar-refractivity contribution in [2.75, 3.05) is 23.4 Å². The molecule has 0 atom stereocenters. The molecule has 0 aromatic heterocycles. The maximum Gasteiger partial charge on any atom is 0.338 e. The first kappa shape index (κ1) is 20.9. The number of rotatable bonds is 7. The van der Waals surface area contributed by atoms with Crippen molar-refractivity contribution in [1.29, 1.82) is 5.26 Å². The summed E-state index contributed by atoms with van der Waals surface area (Å²) in [4.78, 5) is 37.2. The summed E-state index contributed by atoms with van der Waals surface area (Å²) in [6, 6.07) is 14.8. The average Bonchev–Trinajstić information content (AvgIpc) is 2.66. The van der Waals surface area contributed by atoms with E-state index >= 15 is 0 Å². The molecular weight excluding hydrogens is 382 g/mol. The van der Waals surface area contributed by atoms with E-state index in [1.807, 2.05) is 6.07 Å². The van der Waals surface area contributed by atoms with E-state index in [0.717, 1.165) is 0 Å². The van der Waals surface area contributed by atoms with Crippen LogP contribution < -0.4 is 10.2 Å². The Morgan fingerprint density at radius 1 is 1.18 bits per heavy atom. The fraction of sp³-hybridized carbons (Fsp3) is 0.200. The molecule has 0 aliphatic heterocycles. The van der Waals surface area contributed by atoms with E-state index in [9.17, 15) is 14.4 Å². The molecule has 0 radical (unpaired) electrons. The Hall–Kier alpha value is -3.37. The van der Waals surface area contributed by atoms with Gasteiger partial charge in [-0.1, -0.05) is 23.7 Å². The lowest BCUT2D eigenvalue weighted by molar-refractivity contribution is -0.121. The largest absolute Gasteiger partial charge is 0.452 e. The summed E-state index contributed by atoms with van der Waals surface area (Å²) >= 11 is 5.97. The molecule has 0 bridgehead atoms. The summed E-state index contributed by atoms with van der Waals surface area (Å²) in [5, 5.41) is 11.8. The minimum Gasteiger partial charge on any atom is -0.452 e. The lowest BCUT2D eigenvalue weighted by Gasteiger charge is -2.21. The first-order valence-corrected chi connectivity index (χ1v) is 8.76. The van der Waals surface area contributed by atoms with Gasteiger partial charge in [0.25, 0.3) is 5.91 Å². The van der Waals surface area contributed by atoms with Gasteiger partial charge in [0.1, 0.15) is 0 Å². The average molecular weight is 400 g/mol. The number of hydrogen-bond donors (Lipinski definition) is 1. The van der Waals surface area contributed by atoms with Gasteiger partial charge in [-0.3, -0.25) is 9.59 Å². The van der Waals surface area contributed by atoms with E-state index < -0.39 is 18.5 Å². The molecule has 0 aliphatic carbocycles. The van der Waals surface area contributed by atoms with Crippen LogP contribution in [0.1, 0.15) is 23.7 Å². The molecule has 7 nitrogen and oxygen atoms in total. The van der Waals surface area contributed by atoms with Crippen molar-refractivity contribution in [3.63, 3.8) is 0 Å². The van der Waals surface area contributed by atoms with Gasteiger partial charge in [-0.15, -0.1) is 0 Å². The van der Waals surface area contributed by atoms with Crippen molar-refractivity contribution in [2.45, 2.75) is 13.3 Å². The van der Waals surface area contributed by atoms with E-state index in [2.05, 4.69) is 5.32 Å². The molecule has 2 rings (SSSR count). The molecule has 1 N–H and O–H groups in total. The molecule has 144 valence electrons. The third-order valence-corrected chi connectivity index (χ3v) is 3.85. The topological polar surface area (TPSA) is 99.5 Å². The zero-order chi connectivity index (χ0) is 20.5. The lowest BCUT2D eigenvalue weighted by Crippen LogP contribution is -2.35. The maximum absolute atomic E-state index is 12.5. The number of benzene rings is 2. The summed E-state index contributed by atoms with van der Waals surface area (Å²) < 4.78 is 5.10. The van der Waals surface area contributed by atoms with E-state index in [1.165, 1.54) is 24.0 Å². The van der Waals surface area contributed by atoms with Crippen LogP contribution in [0, 0.1) is 11.3 Å². The molecule has 0 fully saturated rings. The van der Waals surface area contributed by atoms with E-state index in [4.69, 9.17) is 21.6 Å². The molecule has 2 aromatic carbocycles. The highest BCUT2D eigenvalue weighted by molar-refractivity contribution is 6.30. The minimum atomic E-state index is -0.702. The standard InChI is InChI=1S/C20H18ClN3O4/c1-14(25)23-17-7-2-5-15(11-17)20(27)28-13-19(26)24(10-4-9-22)18-8-3-6-16(21)12-18/h2-3,5-8,11-12H,4,10,13H2,1H3,(H,23,25). The summed E-state index contributed by atoms with van der Waals surface area (Å²) in [5.41, 5.74) is 1.16. The second-order valence-corrected chi connectivity index (χ2v) is 6.21. The van der Waals surface area contributed by atoms with Gasteiger partial charge in [-0.05, 0) is 36.4 Å². The van der Waals surface area contributed by atoms with E-state index in [1.54, 1.807) is 36.4 Å². The fourth-order valence-electron chi connectivity index (χ4n) is 2.42. The summed E-state index contributed by atoms with van der Waals surface area (Å²) in [6.45, 7) is 1.00. The molecule has 0 heterocycles. The van der Waals surface area contributed by atoms with Gasteiger partial charge in [0.15, 0.2) is 6.61 Å². The number of halogens is 1. The number of nitrogens with one attached hydrogen (secondary N) is 1. The van der Waals surface area contributed by atoms with Crippen LogP contribution in [-0.2, 0) is 14.3 Å². The van der Waals surface area contributed by atoms with E-state index in [-0.39, 0.29) is 24.4 Å². The SMILES string of the molecule is CC(=O)Nc1cccc(C(=O)OCC(=O)N(CCC#N)c2cccc(Cl)c2)c1. The number of hydrogen-bond acceptors (Lipinski definition) is 5. The number of nitriles is 1. The smallest absolute Gasteiger partial charge is 0.338 e. The monoisotopic (exact) mass is 399 g/mol. The highest BCUT2D eigenvalue weighted by Gasteiger charge is 2.18. The molecule has 2 amide bonds. The molecular formula is C20H18ClN3O4. The number of esters is 1. The van der Waals surface area contributed by atoms with Crippen LogP contribution in [0.2, 0.25) is 5.02 Å². The van der Waals surface area contributed by atoms with Crippen molar-refractivity contribution in [3.8, 4) is 6.07 Å². The minimum absolute atomic E-state index is 0.116. The number of anilines is 2.